The second-order valence-electron chi connectivity index (χ2n) is 4.72. The lowest BCUT2D eigenvalue weighted by atomic mass is 10.1. The number of sulfone groups is 1. The van der Waals surface area contributed by atoms with Gasteiger partial charge in [-0.15, -0.1) is 0 Å². The Morgan fingerprint density at radius 1 is 1.33 bits per heavy atom. The predicted molar refractivity (Wildman–Crippen MR) is 67.7 cm³/mol. The zero-order valence-electron chi connectivity index (χ0n) is 10.3. The highest BCUT2D eigenvalue weighted by molar-refractivity contribution is 7.93. The molecule has 0 aliphatic carbocycles. The van der Waals surface area contributed by atoms with E-state index in [2.05, 4.69) is 0 Å². The maximum absolute atomic E-state index is 12.0. The van der Waals surface area contributed by atoms with Crippen molar-refractivity contribution in [3.63, 3.8) is 0 Å². The third-order valence-electron chi connectivity index (χ3n) is 3.40. The molecule has 1 aliphatic rings. The summed E-state index contributed by atoms with van der Waals surface area (Å²) in [6.45, 7) is 1.58. The van der Waals surface area contributed by atoms with Gasteiger partial charge in [0.1, 0.15) is 6.61 Å². The summed E-state index contributed by atoms with van der Waals surface area (Å²) in [6, 6.07) is 9.22. The summed E-state index contributed by atoms with van der Waals surface area (Å²) in [6.07, 6.45) is 0.877. The molecule has 0 bridgehead atoms. The molecule has 0 saturated carbocycles. The van der Waals surface area contributed by atoms with Gasteiger partial charge in [-0.1, -0.05) is 30.3 Å². The van der Waals surface area contributed by atoms with Crippen LogP contribution in [0.3, 0.4) is 0 Å². The molecule has 18 heavy (non-hydrogen) atoms. The molecule has 1 fully saturated rings. The molecule has 0 radical (unpaired) electrons. The summed E-state index contributed by atoms with van der Waals surface area (Å²) in [5.41, 5.74) is 0.852. The van der Waals surface area contributed by atoms with Gasteiger partial charge in [-0.05, 0) is 25.3 Å². The molecule has 5 heteroatoms. The predicted octanol–water partition coefficient (Wildman–Crippen LogP) is 1.70. The minimum atomic E-state index is -3.36. The topological polar surface area (TPSA) is 60.4 Å². The van der Waals surface area contributed by atoms with E-state index in [1.54, 1.807) is 0 Å². The fraction of sp³-hybridized carbons (Fsp3) is 0.462. The molecule has 0 spiro atoms. The first kappa shape index (κ1) is 13.1. The summed E-state index contributed by atoms with van der Waals surface area (Å²) < 4.78 is 27.4. The molecule has 1 heterocycles. The highest BCUT2D eigenvalue weighted by Gasteiger charge is 2.51. The highest BCUT2D eigenvalue weighted by atomic mass is 32.2. The third kappa shape index (κ3) is 2.27. The van der Waals surface area contributed by atoms with Crippen molar-refractivity contribution in [2.45, 2.75) is 31.1 Å². The van der Waals surface area contributed by atoms with E-state index in [1.807, 2.05) is 30.3 Å². The molecule has 98 valence electrons. The number of rotatable bonds is 3. The Hall–Kier alpha value is -1.36. The zero-order valence-corrected chi connectivity index (χ0v) is 11.1. The quantitative estimate of drug-likeness (QED) is 0.783. The molecule has 1 unspecified atom stereocenters. The summed E-state index contributed by atoms with van der Waals surface area (Å²) in [4.78, 5) is 12.0. The summed E-state index contributed by atoms with van der Waals surface area (Å²) in [5.74, 6) is -0.562. The Morgan fingerprint density at radius 3 is 2.56 bits per heavy atom. The number of ether oxygens (including phenoxy) is 1. The standard InChI is InChI=1S/C13H16O4S/c1-13(8-5-9-18(13,15)16)12(14)17-10-11-6-3-2-4-7-11/h2-4,6-7H,5,8-10H2,1H3. The van der Waals surface area contributed by atoms with E-state index in [0.717, 1.165) is 5.56 Å². The SMILES string of the molecule is CC1(C(=O)OCc2ccccc2)CCCS1(=O)=O. The Labute approximate surface area is 107 Å². The summed E-state index contributed by atoms with van der Waals surface area (Å²) in [7, 11) is -3.36. The first-order valence-corrected chi connectivity index (χ1v) is 7.54. The van der Waals surface area contributed by atoms with Gasteiger partial charge in [-0.3, -0.25) is 4.79 Å². The number of hydrogen-bond acceptors (Lipinski definition) is 4. The van der Waals surface area contributed by atoms with Crippen LogP contribution in [0.4, 0.5) is 0 Å². The Balaban J connectivity index is 2.05. The van der Waals surface area contributed by atoms with E-state index in [0.29, 0.717) is 12.8 Å². The molecule has 1 aromatic carbocycles. The monoisotopic (exact) mass is 268 g/mol. The van der Waals surface area contributed by atoms with Crippen molar-refractivity contribution in [2.75, 3.05) is 5.75 Å². The molecular weight excluding hydrogens is 252 g/mol. The van der Waals surface area contributed by atoms with Crippen molar-refractivity contribution in [2.24, 2.45) is 0 Å². The molecule has 1 aromatic rings. The maximum atomic E-state index is 12.0. The van der Waals surface area contributed by atoms with Gasteiger partial charge in [0, 0.05) is 0 Å². The number of carbonyl (C=O) groups is 1. The van der Waals surface area contributed by atoms with Gasteiger partial charge in [0.2, 0.25) is 0 Å². The van der Waals surface area contributed by atoms with Gasteiger partial charge in [-0.2, -0.15) is 0 Å². The van der Waals surface area contributed by atoms with Crippen LogP contribution < -0.4 is 0 Å². The van der Waals surface area contributed by atoms with Crippen molar-refractivity contribution in [3.8, 4) is 0 Å². The van der Waals surface area contributed by atoms with E-state index in [4.69, 9.17) is 4.74 Å². The molecule has 1 saturated heterocycles. The normalized spacial score (nSPS) is 25.8. The third-order valence-corrected chi connectivity index (χ3v) is 5.97. The molecule has 4 nitrogen and oxygen atoms in total. The average molecular weight is 268 g/mol. The summed E-state index contributed by atoms with van der Waals surface area (Å²) in [5, 5.41) is 0. The van der Waals surface area contributed by atoms with Crippen LogP contribution >= 0.6 is 0 Å². The van der Waals surface area contributed by atoms with Crippen molar-refractivity contribution >= 4 is 15.8 Å². The van der Waals surface area contributed by atoms with Crippen molar-refractivity contribution in [3.05, 3.63) is 35.9 Å². The fourth-order valence-electron chi connectivity index (χ4n) is 2.09. The lowest BCUT2D eigenvalue weighted by Crippen LogP contribution is -2.41. The van der Waals surface area contributed by atoms with Crippen molar-refractivity contribution < 1.29 is 17.9 Å². The lowest BCUT2D eigenvalue weighted by molar-refractivity contribution is -0.147. The van der Waals surface area contributed by atoms with Gasteiger partial charge < -0.3 is 4.74 Å². The number of benzene rings is 1. The fourth-order valence-corrected chi connectivity index (χ4v) is 3.83. The van der Waals surface area contributed by atoms with Crippen LogP contribution in [0.1, 0.15) is 25.3 Å². The van der Waals surface area contributed by atoms with Gasteiger partial charge in [-0.25, -0.2) is 8.42 Å². The molecule has 0 amide bonds. The van der Waals surface area contributed by atoms with E-state index >= 15 is 0 Å². The number of esters is 1. The second kappa shape index (κ2) is 4.72. The molecule has 0 N–H and O–H groups in total. The lowest BCUT2D eigenvalue weighted by Gasteiger charge is -2.20. The van der Waals surface area contributed by atoms with Crippen LogP contribution in [-0.2, 0) is 26.0 Å². The Morgan fingerprint density at radius 2 is 2.00 bits per heavy atom. The smallest absolute Gasteiger partial charge is 0.327 e. The second-order valence-corrected chi connectivity index (χ2v) is 7.25. The molecule has 1 aliphatic heterocycles. The van der Waals surface area contributed by atoms with Crippen LogP contribution in [0.15, 0.2) is 30.3 Å². The van der Waals surface area contributed by atoms with Crippen molar-refractivity contribution in [1.29, 1.82) is 0 Å². The van der Waals surface area contributed by atoms with Crippen LogP contribution in [0.2, 0.25) is 0 Å². The van der Waals surface area contributed by atoms with Crippen LogP contribution in [0.5, 0.6) is 0 Å². The van der Waals surface area contributed by atoms with E-state index in [9.17, 15) is 13.2 Å². The average Bonchev–Trinajstić information content (AvgIpc) is 2.63. The molecular formula is C13H16O4S. The van der Waals surface area contributed by atoms with Gasteiger partial charge in [0.05, 0.1) is 5.75 Å². The molecule has 1 atom stereocenters. The molecule has 2 rings (SSSR count). The van der Waals surface area contributed by atoms with Gasteiger partial charge in [0.25, 0.3) is 0 Å². The maximum Gasteiger partial charge on any atom is 0.327 e. The van der Waals surface area contributed by atoms with E-state index < -0.39 is 20.6 Å². The number of hydrogen-bond donors (Lipinski definition) is 0. The number of carbonyl (C=O) groups excluding carboxylic acids is 1. The van der Waals surface area contributed by atoms with Gasteiger partial charge in [0.15, 0.2) is 14.6 Å². The highest BCUT2D eigenvalue weighted by Crippen LogP contribution is 2.33. The van der Waals surface area contributed by atoms with E-state index in [-0.39, 0.29) is 12.4 Å². The van der Waals surface area contributed by atoms with E-state index in [1.165, 1.54) is 6.92 Å². The first-order valence-electron chi connectivity index (χ1n) is 5.89. The molecule has 0 aromatic heterocycles. The zero-order chi connectivity index (χ0) is 13.2. The van der Waals surface area contributed by atoms with Crippen LogP contribution in [0, 0.1) is 0 Å². The summed E-state index contributed by atoms with van der Waals surface area (Å²) >= 11 is 0. The Kier molecular flexibility index (Phi) is 3.43. The van der Waals surface area contributed by atoms with Gasteiger partial charge >= 0.3 is 5.97 Å². The first-order chi connectivity index (χ1) is 8.46. The van der Waals surface area contributed by atoms with Crippen molar-refractivity contribution in [1.82, 2.24) is 0 Å². The largest absolute Gasteiger partial charge is 0.460 e. The minimum Gasteiger partial charge on any atom is -0.460 e. The Bertz CT molecular complexity index is 535. The minimum absolute atomic E-state index is 0.0734. The van der Waals surface area contributed by atoms with Crippen LogP contribution in [0.25, 0.3) is 0 Å². The van der Waals surface area contributed by atoms with Crippen LogP contribution in [-0.4, -0.2) is 24.9 Å².